The maximum absolute atomic E-state index is 11.6. The monoisotopic (exact) mass is 455 g/mol. The largest absolute Gasteiger partial charge is 0.396 e. The number of hydrogen-bond donors (Lipinski definition) is 2. The van der Waals surface area contributed by atoms with Crippen molar-refractivity contribution in [1.29, 1.82) is 0 Å². The number of anilines is 1. The molecule has 2 aromatic carbocycles. The third-order valence-corrected chi connectivity index (χ3v) is 6.68. The predicted molar refractivity (Wildman–Crippen MR) is 133 cm³/mol. The van der Waals surface area contributed by atoms with Gasteiger partial charge in [0.2, 0.25) is 6.41 Å². The van der Waals surface area contributed by atoms with E-state index in [4.69, 9.17) is 0 Å². The van der Waals surface area contributed by atoms with Gasteiger partial charge in [0, 0.05) is 42.7 Å². The van der Waals surface area contributed by atoms with Crippen LogP contribution in [0, 0.1) is 0 Å². The number of aliphatic hydroxyl groups is 1. The average Bonchev–Trinajstić information content (AvgIpc) is 3.51. The Bertz CT molecular complexity index is 1290. The summed E-state index contributed by atoms with van der Waals surface area (Å²) in [5.74, 6) is 0.786. The standard InChI is InChI=1S/C27H29N5O2/c1-19(20-6-3-2-4-7-20)30-27-23-14-22(9-10-25(23)28-17-29-27)32-15-21(11-13-33)24(16-32)26-8-5-12-31(26)18-34/h2-4,6-7,9-10,14-19,26,33H,5,8,11-13H2,1H3,(H,28,29,30). The number of fused-ring (bicyclic) bond motifs is 1. The van der Waals surface area contributed by atoms with Crippen LogP contribution in [-0.2, 0) is 11.2 Å². The van der Waals surface area contributed by atoms with Crippen molar-refractivity contribution in [2.24, 2.45) is 0 Å². The Labute approximate surface area is 199 Å². The molecule has 1 saturated heterocycles. The predicted octanol–water partition coefficient (Wildman–Crippen LogP) is 4.42. The van der Waals surface area contributed by atoms with Crippen molar-refractivity contribution in [3.05, 3.63) is 83.9 Å². The molecular formula is C27H29N5O2. The highest BCUT2D eigenvalue weighted by Crippen LogP contribution is 2.35. The van der Waals surface area contributed by atoms with E-state index in [9.17, 15) is 9.90 Å². The minimum atomic E-state index is 0.0630. The van der Waals surface area contributed by atoms with E-state index in [-0.39, 0.29) is 18.7 Å². The van der Waals surface area contributed by atoms with E-state index in [2.05, 4.69) is 57.4 Å². The van der Waals surface area contributed by atoms with E-state index in [1.54, 1.807) is 6.33 Å². The number of carbonyl (C=O) groups excluding carboxylic acids is 1. The molecule has 7 heteroatoms. The Morgan fingerprint density at radius 3 is 2.82 bits per heavy atom. The number of carbonyl (C=O) groups is 1. The molecule has 34 heavy (non-hydrogen) atoms. The number of nitrogens with one attached hydrogen (secondary N) is 1. The van der Waals surface area contributed by atoms with Crippen LogP contribution in [0.4, 0.5) is 5.82 Å². The molecule has 0 saturated carbocycles. The van der Waals surface area contributed by atoms with Crippen LogP contribution < -0.4 is 5.32 Å². The second-order valence-electron chi connectivity index (χ2n) is 8.82. The molecule has 3 heterocycles. The molecule has 2 atom stereocenters. The number of likely N-dealkylation sites (tertiary alicyclic amines) is 1. The van der Waals surface area contributed by atoms with E-state index >= 15 is 0 Å². The smallest absolute Gasteiger partial charge is 0.210 e. The lowest BCUT2D eigenvalue weighted by Crippen LogP contribution is -2.21. The highest BCUT2D eigenvalue weighted by atomic mass is 16.3. The van der Waals surface area contributed by atoms with E-state index in [1.165, 1.54) is 5.56 Å². The van der Waals surface area contributed by atoms with Crippen LogP contribution in [0.15, 0.2) is 67.3 Å². The number of aromatic nitrogens is 3. The third kappa shape index (κ3) is 4.26. The third-order valence-electron chi connectivity index (χ3n) is 6.68. The van der Waals surface area contributed by atoms with Gasteiger partial charge in [-0.2, -0.15) is 0 Å². The Morgan fingerprint density at radius 1 is 1.18 bits per heavy atom. The van der Waals surface area contributed by atoms with Crippen molar-refractivity contribution in [2.45, 2.75) is 38.3 Å². The zero-order chi connectivity index (χ0) is 23.5. The maximum atomic E-state index is 11.6. The van der Waals surface area contributed by atoms with Crippen LogP contribution in [0.25, 0.3) is 16.6 Å². The second-order valence-corrected chi connectivity index (χ2v) is 8.82. The zero-order valence-corrected chi connectivity index (χ0v) is 19.3. The van der Waals surface area contributed by atoms with Gasteiger partial charge in [-0.25, -0.2) is 9.97 Å². The number of hydrogen-bond acceptors (Lipinski definition) is 5. The maximum Gasteiger partial charge on any atom is 0.210 e. The van der Waals surface area contributed by atoms with E-state index in [0.29, 0.717) is 6.42 Å². The van der Waals surface area contributed by atoms with E-state index < -0.39 is 0 Å². The summed E-state index contributed by atoms with van der Waals surface area (Å²) in [6.07, 6.45) is 9.19. The Morgan fingerprint density at radius 2 is 2.03 bits per heavy atom. The lowest BCUT2D eigenvalue weighted by Gasteiger charge is -2.20. The Hall–Kier alpha value is -3.71. The first kappa shape index (κ1) is 22.1. The molecular weight excluding hydrogens is 426 g/mol. The van der Waals surface area contributed by atoms with Crippen LogP contribution in [0.5, 0.6) is 0 Å². The van der Waals surface area contributed by atoms with Gasteiger partial charge in [0.05, 0.1) is 11.6 Å². The van der Waals surface area contributed by atoms with Crippen LogP contribution in [-0.4, -0.2) is 44.1 Å². The number of nitrogens with zero attached hydrogens (tertiary/aromatic N) is 4. The molecule has 1 amide bonds. The normalized spacial score (nSPS) is 16.6. The molecule has 2 aromatic heterocycles. The molecule has 1 fully saturated rings. The lowest BCUT2D eigenvalue weighted by molar-refractivity contribution is -0.118. The van der Waals surface area contributed by atoms with Crippen LogP contribution >= 0.6 is 0 Å². The van der Waals surface area contributed by atoms with Gasteiger partial charge < -0.3 is 19.9 Å². The van der Waals surface area contributed by atoms with Gasteiger partial charge >= 0.3 is 0 Å². The molecule has 2 unspecified atom stereocenters. The molecule has 0 spiro atoms. The average molecular weight is 456 g/mol. The number of benzene rings is 2. The molecule has 2 N–H and O–H groups in total. The summed E-state index contributed by atoms with van der Waals surface area (Å²) in [6, 6.07) is 16.6. The van der Waals surface area contributed by atoms with Crippen molar-refractivity contribution in [3.63, 3.8) is 0 Å². The van der Waals surface area contributed by atoms with Gasteiger partial charge in [-0.15, -0.1) is 0 Å². The highest BCUT2D eigenvalue weighted by molar-refractivity contribution is 5.90. The fourth-order valence-electron chi connectivity index (χ4n) is 4.89. The topological polar surface area (TPSA) is 83.3 Å². The SMILES string of the molecule is CC(Nc1ncnc2ccc(-n3cc(CCO)c(C4CCCN4C=O)c3)cc12)c1ccccc1. The first-order valence-electron chi connectivity index (χ1n) is 11.8. The van der Waals surface area contributed by atoms with Crippen molar-refractivity contribution in [1.82, 2.24) is 19.4 Å². The Balaban J connectivity index is 1.51. The van der Waals surface area contributed by atoms with Crippen molar-refractivity contribution < 1.29 is 9.90 Å². The number of aliphatic hydroxyl groups excluding tert-OH is 1. The number of rotatable bonds is 8. The second kappa shape index (κ2) is 9.65. The minimum absolute atomic E-state index is 0.0630. The molecule has 7 nitrogen and oxygen atoms in total. The molecule has 4 aromatic rings. The van der Waals surface area contributed by atoms with Gasteiger partial charge in [0.15, 0.2) is 0 Å². The van der Waals surface area contributed by atoms with Gasteiger partial charge in [-0.3, -0.25) is 4.79 Å². The zero-order valence-electron chi connectivity index (χ0n) is 19.3. The molecule has 5 rings (SSSR count). The fourth-order valence-corrected chi connectivity index (χ4v) is 4.89. The molecule has 1 aliphatic heterocycles. The van der Waals surface area contributed by atoms with Gasteiger partial charge in [0.1, 0.15) is 12.1 Å². The highest BCUT2D eigenvalue weighted by Gasteiger charge is 2.27. The summed E-state index contributed by atoms with van der Waals surface area (Å²) in [5.41, 5.74) is 5.22. The van der Waals surface area contributed by atoms with Crippen LogP contribution in [0.2, 0.25) is 0 Å². The van der Waals surface area contributed by atoms with Crippen molar-refractivity contribution in [3.8, 4) is 5.69 Å². The first-order chi connectivity index (χ1) is 16.7. The van der Waals surface area contributed by atoms with Gasteiger partial charge in [-0.1, -0.05) is 30.3 Å². The summed E-state index contributed by atoms with van der Waals surface area (Å²) in [7, 11) is 0. The first-order valence-corrected chi connectivity index (χ1v) is 11.8. The number of amides is 1. The van der Waals surface area contributed by atoms with E-state index in [1.807, 2.05) is 35.2 Å². The summed E-state index contributed by atoms with van der Waals surface area (Å²) in [4.78, 5) is 22.4. The summed E-state index contributed by atoms with van der Waals surface area (Å²) < 4.78 is 2.08. The van der Waals surface area contributed by atoms with E-state index in [0.717, 1.165) is 59.3 Å². The van der Waals surface area contributed by atoms with Gasteiger partial charge in [0.25, 0.3) is 0 Å². The molecule has 0 bridgehead atoms. The molecule has 0 aliphatic carbocycles. The fraction of sp³-hybridized carbons (Fsp3) is 0.296. The van der Waals surface area contributed by atoms with Crippen molar-refractivity contribution in [2.75, 3.05) is 18.5 Å². The summed E-state index contributed by atoms with van der Waals surface area (Å²) >= 11 is 0. The Kier molecular flexibility index (Phi) is 6.27. The van der Waals surface area contributed by atoms with Crippen LogP contribution in [0.1, 0.15) is 48.5 Å². The lowest BCUT2D eigenvalue weighted by atomic mass is 10.0. The summed E-state index contributed by atoms with van der Waals surface area (Å²) in [5, 5.41) is 14.1. The minimum Gasteiger partial charge on any atom is -0.396 e. The molecule has 1 aliphatic rings. The molecule has 174 valence electrons. The summed E-state index contributed by atoms with van der Waals surface area (Å²) in [6.45, 7) is 2.97. The quantitative estimate of drug-likeness (QED) is 0.384. The van der Waals surface area contributed by atoms with Crippen molar-refractivity contribution >= 4 is 23.1 Å². The molecule has 0 radical (unpaired) electrons. The van der Waals surface area contributed by atoms with Gasteiger partial charge in [-0.05, 0) is 61.1 Å². The van der Waals surface area contributed by atoms with Crippen LogP contribution in [0.3, 0.4) is 0 Å².